The summed E-state index contributed by atoms with van der Waals surface area (Å²) in [5, 5.41) is 33.1. The van der Waals surface area contributed by atoms with Crippen LogP contribution in [0.5, 0.6) is 5.75 Å². The molecule has 3 saturated heterocycles. The number of fused-ring (bicyclic) bond motifs is 4. The van der Waals surface area contributed by atoms with Crippen LogP contribution in [-0.2, 0) is 107 Å². The number of carbonyl (C=O) groups excluding carboxylic acids is 17. The molecule has 130 heavy (non-hydrogen) atoms. The molecular weight excluding hydrogens is 1690 g/mol. The summed E-state index contributed by atoms with van der Waals surface area (Å²) in [6.07, 6.45) is 8.21. The zero-order valence-electron chi connectivity index (χ0n) is 75.3. The maximum Gasteiger partial charge on any atom is 0.246 e. The number of imidazole rings is 1. The van der Waals surface area contributed by atoms with Gasteiger partial charge in [-0.25, -0.2) is 4.98 Å². The Hall–Kier alpha value is -12.8. The maximum absolute atomic E-state index is 15.8. The van der Waals surface area contributed by atoms with Gasteiger partial charge in [0.1, 0.15) is 66.2 Å². The van der Waals surface area contributed by atoms with Crippen LogP contribution in [0.15, 0.2) is 110 Å². The number of aromatic hydroxyl groups is 1. The molecule has 15 amide bonds. The summed E-state index contributed by atoms with van der Waals surface area (Å²) in [5.41, 5.74) is 14.7. The molecule has 9 rings (SSSR count). The lowest BCUT2D eigenvalue weighted by Crippen LogP contribution is -2.60. The third kappa shape index (κ3) is 27.4. The lowest BCUT2D eigenvalue weighted by molar-refractivity contribution is -0.150. The first kappa shape index (κ1) is 101. The van der Waals surface area contributed by atoms with Gasteiger partial charge in [-0.1, -0.05) is 108 Å². The summed E-state index contributed by atoms with van der Waals surface area (Å²) in [4.78, 5) is 269. The zero-order valence-corrected chi connectivity index (χ0v) is 76.1. The van der Waals surface area contributed by atoms with Crippen LogP contribution in [0.3, 0.4) is 0 Å². The van der Waals surface area contributed by atoms with Crippen LogP contribution >= 0.6 is 11.8 Å². The van der Waals surface area contributed by atoms with Crippen LogP contribution in [0.4, 0.5) is 0 Å². The van der Waals surface area contributed by atoms with E-state index in [0.29, 0.717) is 54.5 Å². The van der Waals surface area contributed by atoms with E-state index >= 15 is 33.6 Å². The molecule has 0 aliphatic carbocycles. The van der Waals surface area contributed by atoms with E-state index in [1.807, 2.05) is 76.2 Å². The van der Waals surface area contributed by atoms with Gasteiger partial charge in [-0.05, 0) is 125 Å². The fourth-order valence-electron chi connectivity index (χ4n) is 16.9. The molecule has 16 N–H and O–H groups in total. The number of likely N-dealkylation sites (N-methyl/N-ethyl adjacent to an activating group) is 3. The van der Waals surface area contributed by atoms with Crippen LogP contribution < -0.4 is 54.0 Å². The third-order valence-corrected chi connectivity index (χ3v) is 25.3. The molecule has 0 spiro atoms. The van der Waals surface area contributed by atoms with Crippen molar-refractivity contribution in [3.63, 3.8) is 0 Å². The highest BCUT2D eigenvalue weighted by atomic mass is 32.2. The molecule has 37 nitrogen and oxygen atoms in total. The molecule has 3 aromatic heterocycles. The van der Waals surface area contributed by atoms with Gasteiger partial charge in [0.05, 0.1) is 37.1 Å². The Balaban J connectivity index is 1.08. The van der Waals surface area contributed by atoms with Crippen LogP contribution in [0.1, 0.15) is 160 Å². The second-order valence-electron chi connectivity index (χ2n) is 34.4. The number of phenols is 1. The number of phenolic OH excluding ortho intramolecular Hbond substituents is 1. The molecule has 0 unspecified atom stereocenters. The van der Waals surface area contributed by atoms with Crippen molar-refractivity contribution in [2.45, 2.75) is 236 Å². The van der Waals surface area contributed by atoms with Gasteiger partial charge in [0.2, 0.25) is 88.6 Å². The number of nitrogens with zero attached hydrogens (tertiary/aromatic N) is 6. The Bertz CT molecular complexity index is 5050. The molecule has 38 heteroatoms. The predicted molar refractivity (Wildman–Crippen MR) is 485 cm³/mol. The standard InChI is InChI=1S/C92H125N19O18S/c1-11-14-27-73-86(123)100-53(6)81(118)106-71(84(121)98-48-79(94)116)49-130-50-80(117)101-69(38-55-31-33-61(112)34-32-55)89(126)107(8)54(7)82(119)104-70(44-78(93)115)91(128)111-36-21-30-74(111)87(124)103-67(43-60-47-95-51-99-60)85(122)105-68(37-52(4)5)90(127)110-35-20-29-72(110)77(114)41-56(39-58-45-96-64-25-18-16-23-62(58)64)83(120)102-66(22-13-3)76(113)42-57(40-59-46-97-65-26-19-17-24-63(59)65)88(125)109(10)75(28-15-12-2)92(129)108(73)9/h13,16-19,23-26,31-34,45-47,51-54,56-57,66-75,96-97,112H,3,11-12,14-15,20-22,27-30,35-44,48-50H2,1-2,4-10H3,(H2,93,115)(H2,94,116)(H,95,99)(H,98,121)(H,100,123)(H,101,117)(H,102,120)(H,103,124)(H,104,119)(H,105,122)(H,106,118)/t53-,54-,56+,57+,66-,67-,68-,69-,70-,71-,72-,73-,74-,75-/m0/s1. The van der Waals surface area contributed by atoms with Crippen molar-refractivity contribution in [3.05, 3.63) is 133 Å². The molecule has 3 aliphatic rings. The molecule has 3 fully saturated rings. The van der Waals surface area contributed by atoms with Crippen molar-refractivity contribution in [3.8, 4) is 5.75 Å². The SMILES string of the molecule is C=CC[C@@H]1NC(=O)[C@H](Cc2c[nH]c3ccccc23)CC(=O)[C@@H]2CCCN2C(=O)[C@H](CC(C)C)NC(=O)[C@H](Cc2cnc[nH]2)NC(=O)[C@@H]2CCCN2C(=O)[C@H](CC(N)=O)NC(=O)[C@H](C)N(C)C(=O)[C@H](Cc2ccc(O)cc2)NC(=O)CSC[C@@H](C(=O)NCC(N)=O)NC(=O)[C@H](C)NC(=O)[C@H](CCCC)N(C)C(=O)[C@H](CCCC)N(C)C(=O)[C@H](Cc2c[nH]c3ccccc23)CC1=O. The summed E-state index contributed by atoms with van der Waals surface area (Å²) >= 11 is 0.803. The molecule has 0 saturated carbocycles. The van der Waals surface area contributed by atoms with Crippen molar-refractivity contribution in [1.82, 2.24) is 87.0 Å². The fourth-order valence-corrected chi connectivity index (χ4v) is 17.8. The van der Waals surface area contributed by atoms with Gasteiger partial charge in [-0.2, -0.15) is 0 Å². The highest BCUT2D eigenvalue weighted by molar-refractivity contribution is 8.00. The van der Waals surface area contributed by atoms with Gasteiger partial charge in [0, 0.05) is 124 Å². The predicted octanol–water partition coefficient (Wildman–Crippen LogP) is 2.62. The molecule has 3 aromatic carbocycles. The van der Waals surface area contributed by atoms with E-state index < -0.39 is 216 Å². The van der Waals surface area contributed by atoms with Gasteiger partial charge < -0.3 is 98.6 Å². The summed E-state index contributed by atoms with van der Waals surface area (Å²) in [6, 6.07) is 3.66. The van der Waals surface area contributed by atoms with Crippen molar-refractivity contribution < 1.29 is 86.6 Å². The number of para-hydroxylation sites is 2. The second kappa shape index (κ2) is 48.0. The Kier molecular flexibility index (Phi) is 37.3. The van der Waals surface area contributed by atoms with E-state index in [-0.39, 0.29) is 101 Å². The molecule has 6 aromatic rings. The van der Waals surface area contributed by atoms with Gasteiger partial charge in [-0.15, -0.1) is 18.3 Å². The first-order chi connectivity index (χ1) is 62.0. The van der Waals surface area contributed by atoms with Crippen LogP contribution in [0.2, 0.25) is 0 Å². The summed E-state index contributed by atoms with van der Waals surface area (Å²) < 4.78 is 0. The monoisotopic (exact) mass is 1820 g/mol. The number of ketones is 2. The Morgan fingerprint density at radius 2 is 1.14 bits per heavy atom. The summed E-state index contributed by atoms with van der Waals surface area (Å²) in [6.45, 7) is 13.3. The van der Waals surface area contributed by atoms with Gasteiger partial charge >= 0.3 is 0 Å². The highest BCUT2D eigenvalue weighted by Crippen LogP contribution is 2.31. The van der Waals surface area contributed by atoms with Gasteiger partial charge in [0.15, 0.2) is 11.6 Å². The van der Waals surface area contributed by atoms with Crippen LogP contribution in [-0.4, -0.2) is 275 Å². The molecule has 0 radical (unpaired) electrons. The van der Waals surface area contributed by atoms with Crippen molar-refractivity contribution in [2.75, 3.05) is 52.3 Å². The summed E-state index contributed by atoms with van der Waals surface area (Å²) in [7, 11) is 4.11. The third-order valence-electron chi connectivity index (χ3n) is 24.2. The number of nitrogens with one attached hydrogen (secondary N) is 11. The number of aromatic amines is 3. The average molecular weight is 1820 g/mol. The lowest BCUT2D eigenvalue weighted by Gasteiger charge is -2.36. The van der Waals surface area contributed by atoms with E-state index in [2.05, 4.69) is 69.0 Å². The Labute approximate surface area is 759 Å². The molecule has 14 atom stereocenters. The number of nitrogens with two attached hydrogens (primary N) is 2. The minimum atomic E-state index is -1.74. The smallest absolute Gasteiger partial charge is 0.246 e. The summed E-state index contributed by atoms with van der Waals surface area (Å²) in [5.74, 6) is -17.2. The Morgan fingerprint density at radius 3 is 1.74 bits per heavy atom. The number of H-pyrrole nitrogens is 3. The first-order valence-electron chi connectivity index (χ1n) is 44.5. The fraction of sp³-hybridized carbons (Fsp3) is 0.522. The molecule has 6 heterocycles. The Morgan fingerprint density at radius 1 is 0.569 bits per heavy atom. The molecule has 0 bridgehead atoms. The van der Waals surface area contributed by atoms with Crippen molar-refractivity contribution >= 4 is 134 Å². The largest absolute Gasteiger partial charge is 0.508 e. The number of hydrogen-bond acceptors (Lipinski definition) is 20. The first-order valence-corrected chi connectivity index (χ1v) is 45.6. The number of aromatic nitrogens is 4. The average Bonchev–Trinajstić information content (AvgIpc) is 1.60. The number of benzene rings is 3. The number of hydrogen-bond donors (Lipinski definition) is 14. The van der Waals surface area contributed by atoms with Crippen LogP contribution in [0.25, 0.3) is 21.8 Å². The second-order valence-corrected chi connectivity index (χ2v) is 35.4. The van der Waals surface area contributed by atoms with E-state index in [9.17, 15) is 53.1 Å². The number of carbonyl (C=O) groups is 17. The van der Waals surface area contributed by atoms with Gasteiger partial charge in [0.25, 0.3) is 0 Å². The van der Waals surface area contributed by atoms with E-state index in [1.54, 1.807) is 12.4 Å². The molecule has 702 valence electrons. The minimum absolute atomic E-state index is 0.0316. The van der Waals surface area contributed by atoms with Crippen molar-refractivity contribution in [1.29, 1.82) is 0 Å². The highest BCUT2D eigenvalue weighted by Gasteiger charge is 2.46. The molecule has 3 aliphatic heterocycles. The van der Waals surface area contributed by atoms with E-state index in [0.717, 1.165) is 43.4 Å². The van der Waals surface area contributed by atoms with E-state index in [4.69, 9.17) is 11.5 Å². The number of unbranched alkanes of at least 4 members (excludes halogenated alkanes) is 2. The number of amides is 15. The normalized spacial score (nSPS) is 24.8. The quantitative estimate of drug-likeness (QED) is 0.0410. The van der Waals surface area contributed by atoms with E-state index in [1.165, 1.54) is 92.6 Å². The number of rotatable bonds is 23. The van der Waals surface area contributed by atoms with Crippen molar-refractivity contribution in [2.24, 2.45) is 29.2 Å². The maximum atomic E-state index is 15.8. The number of primary amides is 2. The minimum Gasteiger partial charge on any atom is -0.508 e. The number of thioether (sulfide) groups is 1. The zero-order chi connectivity index (χ0) is 94.7. The van der Waals surface area contributed by atoms with Crippen LogP contribution in [0, 0.1) is 17.8 Å². The topological polar surface area (TPSA) is 535 Å². The molecular formula is C92H125N19O18S. The number of Topliss-reactive ketones (excluding diaryl/α,β-unsaturated/α-hetero) is 2. The van der Waals surface area contributed by atoms with Gasteiger partial charge in [-0.3, -0.25) is 81.5 Å². The lowest BCUT2D eigenvalue weighted by atomic mass is 9.88.